The lowest BCUT2D eigenvalue weighted by atomic mass is 10.0. The molecule has 2 aliphatic rings. The molecule has 1 saturated carbocycles. The second-order valence-electron chi connectivity index (χ2n) is 5.84. The van der Waals surface area contributed by atoms with Gasteiger partial charge in [0.1, 0.15) is 5.56 Å². The largest absolute Gasteiger partial charge is 0.409 e. The standard InChI is InChI=1S/C14H16N4O2S/c1-17-5-4-11-8(7-17)6-10(12-15-16-14(21)20-12)13(19)18(11)9-2-3-9/h6,9H,2-5,7H2,1H3,(H,16,21). The summed E-state index contributed by atoms with van der Waals surface area (Å²) < 4.78 is 7.31. The van der Waals surface area contributed by atoms with Gasteiger partial charge in [0.2, 0.25) is 0 Å². The zero-order valence-corrected chi connectivity index (χ0v) is 12.6. The summed E-state index contributed by atoms with van der Waals surface area (Å²) in [5.41, 5.74) is 2.86. The van der Waals surface area contributed by atoms with Gasteiger partial charge in [-0.3, -0.25) is 4.79 Å². The van der Waals surface area contributed by atoms with Gasteiger partial charge < -0.3 is 13.9 Å². The minimum absolute atomic E-state index is 0.00828. The van der Waals surface area contributed by atoms with Gasteiger partial charge in [0.05, 0.1) is 0 Å². The highest BCUT2D eigenvalue weighted by Crippen LogP contribution is 2.37. The van der Waals surface area contributed by atoms with Crippen LogP contribution in [0.25, 0.3) is 11.5 Å². The number of hydrogen-bond acceptors (Lipinski definition) is 5. The van der Waals surface area contributed by atoms with Crippen LogP contribution in [0.2, 0.25) is 0 Å². The normalized spacial score (nSPS) is 18.7. The lowest BCUT2D eigenvalue weighted by Crippen LogP contribution is -2.34. The maximum Gasteiger partial charge on any atom is 0.284 e. The summed E-state index contributed by atoms with van der Waals surface area (Å²) >= 11 is 4.91. The highest BCUT2D eigenvalue weighted by atomic mass is 32.1. The Hall–Kier alpha value is -1.73. The van der Waals surface area contributed by atoms with Crippen LogP contribution < -0.4 is 5.56 Å². The molecule has 0 saturated heterocycles. The molecule has 0 spiro atoms. The quantitative estimate of drug-likeness (QED) is 0.858. The van der Waals surface area contributed by atoms with Gasteiger partial charge >= 0.3 is 0 Å². The smallest absolute Gasteiger partial charge is 0.284 e. The molecule has 2 aromatic rings. The molecule has 0 aromatic carbocycles. The van der Waals surface area contributed by atoms with Crippen molar-refractivity contribution < 1.29 is 4.42 Å². The molecule has 6 nitrogen and oxygen atoms in total. The molecule has 7 heteroatoms. The number of rotatable bonds is 2. The molecule has 0 radical (unpaired) electrons. The molecule has 1 aliphatic carbocycles. The molecule has 1 fully saturated rings. The predicted octanol–water partition coefficient (Wildman–Crippen LogP) is 1.88. The van der Waals surface area contributed by atoms with Crippen molar-refractivity contribution >= 4 is 12.2 Å². The van der Waals surface area contributed by atoms with Crippen LogP contribution in [-0.2, 0) is 13.0 Å². The van der Waals surface area contributed by atoms with Crippen LogP contribution in [0.1, 0.15) is 30.1 Å². The van der Waals surface area contributed by atoms with Crippen molar-refractivity contribution in [1.29, 1.82) is 0 Å². The van der Waals surface area contributed by atoms with Crippen molar-refractivity contribution in [2.75, 3.05) is 13.6 Å². The van der Waals surface area contributed by atoms with E-state index in [4.69, 9.17) is 16.6 Å². The Kier molecular flexibility index (Phi) is 2.87. The zero-order chi connectivity index (χ0) is 14.6. The van der Waals surface area contributed by atoms with Crippen molar-refractivity contribution in [2.24, 2.45) is 0 Å². The monoisotopic (exact) mass is 304 g/mol. The van der Waals surface area contributed by atoms with Gasteiger partial charge in [-0.15, -0.1) is 5.10 Å². The van der Waals surface area contributed by atoms with E-state index in [1.807, 2.05) is 10.6 Å². The molecule has 0 unspecified atom stereocenters. The Morgan fingerprint density at radius 1 is 1.48 bits per heavy atom. The lowest BCUT2D eigenvalue weighted by molar-refractivity contribution is 0.304. The van der Waals surface area contributed by atoms with E-state index in [2.05, 4.69) is 22.1 Å². The molecular formula is C14H16N4O2S. The van der Waals surface area contributed by atoms with Gasteiger partial charge in [-0.1, -0.05) is 0 Å². The number of fused-ring (bicyclic) bond motifs is 1. The first-order valence-corrected chi connectivity index (χ1v) is 7.56. The first-order valence-electron chi connectivity index (χ1n) is 7.15. The van der Waals surface area contributed by atoms with Crippen LogP contribution >= 0.6 is 12.2 Å². The van der Waals surface area contributed by atoms with Crippen LogP contribution in [0.15, 0.2) is 15.3 Å². The summed E-state index contributed by atoms with van der Waals surface area (Å²) in [4.78, 5) is 15.3. The summed E-state index contributed by atoms with van der Waals surface area (Å²) in [6.45, 7) is 1.84. The molecule has 110 valence electrons. The first-order chi connectivity index (χ1) is 10.1. The fourth-order valence-electron chi connectivity index (χ4n) is 3.03. The molecule has 0 atom stereocenters. The second kappa shape index (κ2) is 4.64. The minimum atomic E-state index is -0.00828. The van der Waals surface area contributed by atoms with E-state index >= 15 is 0 Å². The third kappa shape index (κ3) is 2.16. The van der Waals surface area contributed by atoms with Crippen LogP contribution in [0.3, 0.4) is 0 Å². The fourth-order valence-corrected chi connectivity index (χ4v) is 3.15. The molecular weight excluding hydrogens is 288 g/mol. The summed E-state index contributed by atoms with van der Waals surface area (Å²) in [5.74, 6) is 0.287. The number of aromatic nitrogens is 3. The number of aromatic amines is 1. The van der Waals surface area contributed by atoms with Crippen LogP contribution in [0.4, 0.5) is 0 Å². The summed E-state index contributed by atoms with van der Waals surface area (Å²) in [7, 11) is 2.09. The molecule has 4 rings (SSSR count). The number of nitrogens with one attached hydrogen (secondary N) is 1. The molecule has 1 N–H and O–H groups in total. The maximum atomic E-state index is 12.8. The third-order valence-corrected chi connectivity index (χ3v) is 4.35. The second-order valence-corrected chi connectivity index (χ2v) is 6.21. The highest BCUT2D eigenvalue weighted by Gasteiger charge is 2.31. The number of pyridine rings is 1. The zero-order valence-electron chi connectivity index (χ0n) is 11.8. The van der Waals surface area contributed by atoms with Crippen molar-refractivity contribution in [1.82, 2.24) is 19.7 Å². The van der Waals surface area contributed by atoms with E-state index in [0.717, 1.165) is 32.4 Å². The highest BCUT2D eigenvalue weighted by molar-refractivity contribution is 7.71. The Balaban J connectivity index is 1.96. The molecule has 0 bridgehead atoms. The minimum Gasteiger partial charge on any atom is -0.409 e. The van der Waals surface area contributed by atoms with E-state index in [1.165, 1.54) is 11.3 Å². The average molecular weight is 304 g/mol. The molecule has 0 amide bonds. The van der Waals surface area contributed by atoms with Gasteiger partial charge in [0.15, 0.2) is 0 Å². The number of hydrogen-bond donors (Lipinski definition) is 1. The van der Waals surface area contributed by atoms with Gasteiger partial charge in [0.25, 0.3) is 16.3 Å². The van der Waals surface area contributed by atoms with E-state index in [1.54, 1.807) is 0 Å². The van der Waals surface area contributed by atoms with Crippen LogP contribution in [0, 0.1) is 4.84 Å². The topological polar surface area (TPSA) is 67.1 Å². The Morgan fingerprint density at radius 3 is 2.95 bits per heavy atom. The maximum absolute atomic E-state index is 12.8. The molecule has 3 heterocycles. The van der Waals surface area contributed by atoms with Crippen molar-refractivity contribution in [3.8, 4) is 11.5 Å². The third-order valence-electron chi connectivity index (χ3n) is 4.18. The Bertz CT molecular complexity index is 815. The van der Waals surface area contributed by atoms with Gasteiger partial charge in [-0.2, -0.15) is 0 Å². The van der Waals surface area contributed by atoms with E-state index in [9.17, 15) is 4.79 Å². The molecule has 1 aliphatic heterocycles. The summed E-state index contributed by atoms with van der Waals surface area (Å²) in [6.07, 6.45) is 3.08. The lowest BCUT2D eigenvalue weighted by Gasteiger charge is -2.28. The summed E-state index contributed by atoms with van der Waals surface area (Å²) in [6, 6.07) is 2.26. The molecule has 2 aromatic heterocycles. The van der Waals surface area contributed by atoms with Gasteiger partial charge in [-0.25, -0.2) is 5.10 Å². The van der Waals surface area contributed by atoms with Crippen LogP contribution in [-0.4, -0.2) is 33.3 Å². The number of H-pyrrole nitrogens is 1. The SMILES string of the molecule is CN1CCc2c(cc(-c3n[nH]c(=S)o3)c(=O)n2C2CC2)C1. The van der Waals surface area contributed by atoms with Crippen molar-refractivity contribution in [3.05, 3.63) is 32.5 Å². The Morgan fingerprint density at radius 2 is 2.29 bits per heavy atom. The van der Waals surface area contributed by atoms with E-state index < -0.39 is 0 Å². The predicted molar refractivity (Wildman–Crippen MR) is 79.7 cm³/mol. The van der Waals surface area contributed by atoms with E-state index in [0.29, 0.717) is 11.6 Å². The van der Waals surface area contributed by atoms with Gasteiger partial charge in [-0.05, 0) is 43.7 Å². The summed E-state index contributed by atoms with van der Waals surface area (Å²) in [5, 5.41) is 6.60. The fraction of sp³-hybridized carbons (Fsp3) is 0.500. The van der Waals surface area contributed by atoms with Crippen molar-refractivity contribution in [3.63, 3.8) is 0 Å². The average Bonchev–Trinajstić information content (AvgIpc) is 3.20. The Labute approximate surface area is 126 Å². The number of likely N-dealkylation sites (N-methyl/N-ethyl adjacent to an activating group) is 1. The van der Waals surface area contributed by atoms with E-state index in [-0.39, 0.29) is 16.3 Å². The first kappa shape index (κ1) is 13.0. The number of nitrogens with zero attached hydrogens (tertiary/aromatic N) is 3. The van der Waals surface area contributed by atoms with Crippen LogP contribution in [0.5, 0.6) is 0 Å². The molecule has 21 heavy (non-hydrogen) atoms. The van der Waals surface area contributed by atoms with Gasteiger partial charge in [0, 0.05) is 31.2 Å². The van der Waals surface area contributed by atoms with Crippen molar-refractivity contribution in [2.45, 2.75) is 31.8 Å².